The largest absolute Gasteiger partial charge is 0.435 e. The van der Waals surface area contributed by atoms with E-state index in [0.29, 0.717) is 11.1 Å². The highest BCUT2D eigenvalue weighted by Gasteiger charge is 2.27. The highest BCUT2D eigenvalue weighted by molar-refractivity contribution is 5.94. The van der Waals surface area contributed by atoms with Gasteiger partial charge in [-0.2, -0.15) is 22.0 Å². The Morgan fingerprint density at radius 1 is 1.04 bits per heavy atom. The number of nitrogens with one attached hydrogen (secondary N) is 1. The zero-order valence-electron chi connectivity index (χ0n) is 13.9. The Bertz CT molecular complexity index is 747. The summed E-state index contributed by atoms with van der Waals surface area (Å²) in [6, 6.07) is 11.8. The number of hydrogen-bond acceptors (Lipinski definition) is 3. The minimum Gasteiger partial charge on any atom is -0.435 e. The van der Waals surface area contributed by atoms with Gasteiger partial charge in [0.05, 0.1) is 6.61 Å². The van der Waals surface area contributed by atoms with Gasteiger partial charge in [0, 0.05) is 12.1 Å². The quantitative estimate of drug-likeness (QED) is 0.685. The van der Waals surface area contributed by atoms with Gasteiger partial charge in [-0.15, -0.1) is 0 Å². The van der Waals surface area contributed by atoms with Gasteiger partial charge in [-0.3, -0.25) is 4.79 Å². The third-order valence-electron chi connectivity index (χ3n) is 3.33. The summed E-state index contributed by atoms with van der Waals surface area (Å²) in [5.41, 5.74) is 1.43. The van der Waals surface area contributed by atoms with E-state index in [0.717, 1.165) is 0 Å². The maximum atomic E-state index is 12.2. The number of amides is 1. The highest BCUT2D eigenvalue weighted by Crippen LogP contribution is 2.17. The van der Waals surface area contributed by atoms with Gasteiger partial charge < -0.3 is 14.8 Å². The molecule has 0 aromatic heterocycles. The van der Waals surface area contributed by atoms with Crippen LogP contribution in [0.5, 0.6) is 5.75 Å². The predicted molar refractivity (Wildman–Crippen MR) is 86.4 cm³/mol. The van der Waals surface area contributed by atoms with Crippen molar-refractivity contribution in [1.29, 1.82) is 0 Å². The van der Waals surface area contributed by atoms with Crippen LogP contribution in [0.4, 0.5) is 22.0 Å². The zero-order valence-corrected chi connectivity index (χ0v) is 13.9. The minimum atomic E-state index is -4.37. The van der Waals surface area contributed by atoms with E-state index >= 15 is 0 Å². The molecule has 0 saturated carbocycles. The summed E-state index contributed by atoms with van der Waals surface area (Å²) in [5, 5.41) is 2.62. The van der Waals surface area contributed by atoms with Crippen molar-refractivity contribution >= 4 is 5.91 Å². The molecule has 2 aromatic carbocycles. The molecule has 0 fully saturated rings. The van der Waals surface area contributed by atoms with Gasteiger partial charge in [-0.25, -0.2) is 0 Å². The molecule has 0 spiro atoms. The molecule has 0 aliphatic carbocycles. The van der Waals surface area contributed by atoms with Crippen molar-refractivity contribution in [2.75, 3.05) is 6.61 Å². The van der Waals surface area contributed by atoms with Crippen LogP contribution in [0.25, 0.3) is 0 Å². The first-order valence-electron chi connectivity index (χ1n) is 7.78. The second-order valence-electron chi connectivity index (χ2n) is 5.51. The van der Waals surface area contributed by atoms with Gasteiger partial charge in [0.15, 0.2) is 0 Å². The molecular weight excluding hydrogens is 373 g/mol. The van der Waals surface area contributed by atoms with Crippen LogP contribution in [0.1, 0.15) is 21.5 Å². The third-order valence-corrected chi connectivity index (χ3v) is 3.33. The standard InChI is InChI=1S/C18H16F5NO3/c19-17(20)27-15-3-1-2-14(8-15)16(25)24-9-12-4-6-13(7-5-12)10-26-11-18(21,22)23/h1-8,17H,9-11H2,(H,24,25). The van der Waals surface area contributed by atoms with Crippen LogP contribution in [-0.4, -0.2) is 25.3 Å². The monoisotopic (exact) mass is 389 g/mol. The van der Waals surface area contributed by atoms with Crippen LogP contribution in [0.15, 0.2) is 48.5 Å². The topological polar surface area (TPSA) is 47.6 Å². The Labute approximate surface area is 151 Å². The summed E-state index contributed by atoms with van der Waals surface area (Å²) in [6.45, 7) is -4.33. The van der Waals surface area contributed by atoms with E-state index in [1.54, 1.807) is 24.3 Å². The van der Waals surface area contributed by atoms with Crippen LogP contribution in [0, 0.1) is 0 Å². The number of rotatable bonds is 8. The SMILES string of the molecule is O=C(NCc1ccc(COCC(F)(F)F)cc1)c1cccc(OC(F)F)c1. The number of alkyl halides is 5. The van der Waals surface area contributed by atoms with Crippen LogP contribution in [0.3, 0.4) is 0 Å². The average molecular weight is 389 g/mol. The van der Waals surface area contributed by atoms with E-state index in [1.165, 1.54) is 24.3 Å². The fourth-order valence-electron chi connectivity index (χ4n) is 2.14. The third kappa shape index (κ3) is 7.61. The normalized spacial score (nSPS) is 11.5. The molecule has 27 heavy (non-hydrogen) atoms. The van der Waals surface area contributed by atoms with Crippen molar-refractivity contribution in [1.82, 2.24) is 5.32 Å². The lowest BCUT2D eigenvalue weighted by atomic mass is 10.1. The van der Waals surface area contributed by atoms with Crippen molar-refractivity contribution in [3.05, 3.63) is 65.2 Å². The van der Waals surface area contributed by atoms with Gasteiger partial charge in [-0.1, -0.05) is 30.3 Å². The lowest BCUT2D eigenvalue weighted by molar-refractivity contribution is -0.176. The Morgan fingerprint density at radius 2 is 1.70 bits per heavy atom. The summed E-state index contributed by atoms with van der Waals surface area (Å²) in [5.74, 6) is -0.604. The first-order valence-corrected chi connectivity index (χ1v) is 7.78. The Hall–Kier alpha value is -2.68. The summed E-state index contributed by atoms with van der Waals surface area (Å²) >= 11 is 0. The molecule has 9 heteroatoms. The molecule has 2 rings (SSSR count). The molecule has 146 valence electrons. The highest BCUT2D eigenvalue weighted by atomic mass is 19.4. The molecule has 0 bridgehead atoms. The zero-order chi connectivity index (χ0) is 19.9. The van der Waals surface area contributed by atoms with Crippen molar-refractivity contribution in [3.8, 4) is 5.75 Å². The summed E-state index contributed by atoms with van der Waals surface area (Å²) < 4.78 is 69.3. The molecular formula is C18H16F5NO3. The van der Waals surface area contributed by atoms with Crippen molar-refractivity contribution in [2.45, 2.75) is 25.9 Å². The van der Waals surface area contributed by atoms with Gasteiger partial charge in [0.1, 0.15) is 12.4 Å². The molecule has 0 heterocycles. The van der Waals surface area contributed by atoms with Crippen LogP contribution in [0.2, 0.25) is 0 Å². The van der Waals surface area contributed by atoms with Crippen molar-refractivity contribution in [3.63, 3.8) is 0 Å². The number of ether oxygens (including phenoxy) is 2. The Morgan fingerprint density at radius 3 is 2.33 bits per heavy atom. The maximum Gasteiger partial charge on any atom is 0.411 e. The van der Waals surface area contributed by atoms with E-state index in [1.807, 2.05) is 0 Å². The van der Waals surface area contributed by atoms with Crippen molar-refractivity contribution in [2.24, 2.45) is 0 Å². The molecule has 0 radical (unpaired) electrons. The van der Waals surface area contributed by atoms with E-state index in [9.17, 15) is 26.7 Å². The minimum absolute atomic E-state index is 0.124. The molecule has 0 aliphatic heterocycles. The van der Waals surface area contributed by atoms with Gasteiger partial charge in [-0.05, 0) is 29.3 Å². The fourth-order valence-corrected chi connectivity index (χ4v) is 2.14. The van der Waals surface area contributed by atoms with Gasteiger partial charge >= 0.3 is 12.8 Å². The lowest BCUT2D eigenvalue weighted by Gasteiger charge is -2.09. The van der Waals surface area contributed by atoms with Crippen molar-refractivity contribution < 1.29 is 36.2 Å². The maximum absolute atomic E-state index is 12.2. The fraction of sp³-hybridized carbons (Fsp3) is 0.278. The first-order chi connectivity index (χ1) is 12.7. The Balaban J connectivity index is 1.84. The lowest BCUT2D eigenvalue weighted by Crippen LogP contribution is -2.22. The molecule has 0 saturated heterocycles. The molecule has 0 aliphatic rings. The second kappa shape index (κ2) is 9.31. The van der Waals surface area contributed by atoms with Gasteiger partial charge in [0.2, 0.25) is 0 Å². The summed E-state index contributed by atoms with van der Waals surface area (Å²) in [7, 11) is 0. The van der Waals surface area contributed by atoms with Crippen LogP contribution >= 0.6 is 0 Å². The number of benzene rings is 2. The number of carbonyl (C=O) groups is 1. The molecule has 0 atom stereocenters. The number of hydrogen-bond donors (Lipinski definition) is 1. The van der Waals surface area contributed by atoms with Crippen LogP contribution in [-0.2, 0) is 17.9 Å². The predicted octanol–water partition coefficient (Wildman–Crippen LogP) is 4.30. The number of halogens is 5. The van der Waals surface area contributed by atoms with E-state index in [2.05, 4.69) is 14.8 Å². The smallest absolute Gasteiger partial charge is 0.411 e. The molecule has 4 nitrogen and oxygen atoms in total. The second-order valence-corrected chi connectivity index (χ2v) is 5.51. The molecule has 2 aromatic rings. The number of carbonyl (C=O) groups excluding carboxylic acids is 1. The molecule has 1 amide bonds. The van der Waals surface area contributed by atoms with Gasteiger partial charge in [0.25, 0.3) is 5.91 Å². The van der Waals surface area contributed by atoms with E-state index < -0.39 is 25.3 Å². The molecule has 1 N–H and O–H groups in total. The summed E-state index contributed by atoms with van der Waals surface area (Å²) in [4.78, 5) is 12.1. The molecule has 0 unspecified atom stereocenters. The average Bonchev–Trinajstić information content (AvgIpc) is 2.59. The van der Waals surface area contributed by atoms with E-state index in [-0.39, 0.29) is 24.5 Å². The first kappa shape index (κ1) is 20.6. The van der Waals surface area contributed by atoms with Crippen LogP contribution < -0.4 is 10.1 Å². The van der Waals surface area contributed by atoms with E-state index in [4.69, 9.17) is 0 Å². The summed E-state index contributed by atoms with van der Waals surface area (Å²) in [6.07, 6.45) is -4.37. The Kier molecular flexibility index (Phi) is 7.12.